The predicted octanol–water partition coefficient (Wildman–Crippen LogP) is 5.58. The number of alkyl halides is 3. The van der Waals surface area contributed by atoms with Gasteiger partial charge in [-0.2, -0.15) is 13.2 Å². The predicted molar refractivity (Wildman–Crippen MR) is 114 cm³/mol. The van der Waals surface area contributed by atoms with E-state index in [-0.39, 0.29) is 0 Å². The lowest BCUT2D eigenvalue weighted by molar-refractivity contribution is -0.137. The second-order valence-electron chi connectivity index (χ2n) is 7.63. The zero-order chi connectivity index (χ0) is 21.0. The van der Waals surface area contributed by atoms with Gasteiger partial charge in [0.05, 0.1) is 12.1 Å². The number of likely N-dealkylation sites (tertiary alicyclic amines) is 1. The van der Waals surface area contributed by atoms with Gasteiger partial charge in [-0.05, 0) is 41.7 Å². The van der Waals surface area contributed by atoms with E-state index in [0.29, 0.717) is 6.04 Å². The van der Waals surface area contributed by atoms with Gasteiger partial charge in [-0.15, -0.1) is 11.3 Å². The fraction of sp³-hybridized carbons (Fsp3) is 0.348. The molecule has 158 valence electrons. The number of halogens is 3. The van der Waals surface area contributed by atoms with Gasteiger partial charge in [0.1, 0.15) is 5.01 Å². The molecule has 0 radical (unpaired) electrons. The Morgan fingerprint density at radius 1 is 0.967 bits per heavy atom. The molecule has 2 heterocycles. The maximum Gasteiger partial charge on any atom is 0.416 e. The Kier molecular flexibility index (Phi) is 6.51. The van der Waals surface area contributed by atoms with Crippen LogP contribution < -0.4 is 5.32 Å². The SMILES string of the molecule is FC(F)(F)c1ccc(-c2ccc(CNC3CCN(Cc4nccs4)CC3)cc2)cc1. The summed E-state index contributed by atoms with van der Waals surface area (Å²) in [5.41, 5.74) is 2.26. The van der Waals surface area contributed by atoms with E-state index in [1.807, 2.05) is 35.8 Å². The summed E-state index contributed by atoms with van der Waals surface area (Å²) in [5.74, 6) is 0. The lowest BCUT2D eigenvalue weighted by Crippen LogP contribution is -2.41. The van der Waals surface area contributed by atoms with E-state index >= 15 is 0 Å². The van der Waals surface area contributed by atoms with Crippen molar-refractivity contribution in [1.82, 2.24) is 15.2 Å². The first kappa shape index (κ1) is 21.0. The number of hydrogen-bond donors (Lipinski definition) is 1. The van der Waals surface area contributed by atoms with Gasteiger partial charge in [-0.25, -0.2) is 4.98 Å². The van der Waals surface area contributed by atoms with E-state index < -0.39 is 11.7 Å². The summed E-state index contributed by atoms with van der Waals surface area (Å²) in [6.45, 7) is 3.88. The summed E-state index contributed by atoms with van der Waals surface area (Å²) in [4.78, 5) is 6.81. The van der Waals surface area contributed by atoms with Gasteiger partial charge < -0.3 is 5.32 Å². The van der Waals surface area contributed by atoms with Crippen LogP contribution in [0.3, 0.4) is 0 Å². The van der Waals surface area contributed by atoms with E-state index in [1.54, 1.807) is 11.3 Å². The number of rotatable bonds is 6. The van der Waals surface area contributed by atoms with Crippen LogP contribution in [0.1, 0.15) is 29.0 Å². The van der Waals surface area contributed by atoms with Crippen LogP contribution >= 0.6 is 11.3 Å². The minimum absolute atomic E-state index is 0.507. The average Bonchev–Trinajstić information content (AvgIpc) is 3.26. The first-order valence-corrected chi connectivity index (χ1v) is 11.0. The van der Waals surface area contributed by atoms with Crippen molar-refractivity contribution in [2.24, 2.45) is 0 Å². The molecular weight excluding hydrogens is 407 g/mol. The normalized spacial score (nSPS) is 16.1. The standard InChI is InChI=1S/C23H24F3N3S/c24-23(25,26)20-7-5-19(6-8-20)18-3-1-17(2-4-18)15-28-21-9-12-29(13-10-21)16-22-27-11-14-30-22/h1-8,11,14,21,28H,9-10,12-13,15-16H2. The molecule has 0 atom stereocenters. The first-order chi connectivity index (χ1) is 14.5. The van der Waals surface area contributed by atoms with Crippen molar-refractivity contribution in [2.45, 2.75) is 38.1 Å². The van der Waals surface area contributed by atoms with Crippen LogP contribution in [0.2, 0.25) is 0 Å². The second kappa shape index (κ2) is 9.29. The Labute approximate surface area is 178 Å². The lowest BCUT2D eigenvalue weighted by atomic mass is 10.0. The fourth-order valence-corrected chi connectivity index (χ4v) is 4.40. The summed E-state index contributed by atoms with van der Waals surface area (Å²) in [5, 5.41) is 6.83. The molecular formula is C23H24F3N3S. The highest BCUT2D eigenvalue weighted by Crippen LogP contribution is 2.31. The number of nitrogens with one attached hydrogen (secondary N) is 1. The molecule has 3 nitrogen and oxygen atoms in total. The minimum atomic E-state index is -4.30. The molecule has 7 heteroatoms. The second-order valence-corrected chi connectivity index (χ2v) is 8.61. The molecule has 1 aliphatic heterocycles. The summed E-state index contributed by atoms with van der Waals surface area (Å²) in [6.07, 6.45) is -0.202. The zero-order valence-electron chi connectivity index (χ0n) is 16.5. The molecule has 2 aromatic carbocycles. The molecule has 0 saturated carbocycles. The molecule has 4 rings (SSSR count). The van der Waals surface area contributed by atoms with Crippen LogP contribution in [0.5, 0.6) is 0 Å². The number of piperidine rings is 1. The first-order valence-electron chi connectivity index (χ1n) is 10.1. The maximum atomic E-state index is 12.7. The van der Waals surface area contributed by atoms with Crippen molar-refractivity contribution < 1.29 is 13.2 Å². The summed E-state index contributed by atoms with van der Waals surface area (Å²) in [6, 6.07) is 13.8. The van der Waals surface area contributed by atoms with Gasteiger partial charge in [0.2, 0.25) is 0 Å². The smallest absolute Gasteiger partial charge is 0.310 e. The van der Waals surface area contributed by atoms with Crippen molar-refractivity contribution in [3.63, 3.8) is 0 Å². The Bertz CT molecular complexity index is 914. The molecule has 0 aliphatic carbocycles. The van der Waals surface area contributed by atoms with E-state index in [2.05, 4.69) is 15.2 Å². The lowest BCUT2D eigenvalue weighted by Gasteiger charge is -2.32. The molecule has 1 saturated heterocycles. The quantitative estimate of drug-likeness (QED) is 0.552. The zero-order valence-corrected chi connectivity index (χ0v) is 17.3. The molecule has 30 heavy (non-hydrogen) atoms. The van der Waals surface area contributed by atoms with Crippen LogP contribution in [0, 0.1) is 0 Å². The molecule has 3 aromatic rings. The monoisotopic (exact) mass is 431 g/mol. The van der Waals surface area contributed by atoms with Gasteiger partial charge in [0.25, 0.3) is 0 Å². The minimum Gasteiger partial charge on any atom is -0.310 e. The number of thiazole rings is 1. The van der Waals surface area contributed by atoms with Crippen molar-refractivity contribution in [3.8, 4) is 11.1 Å². The van der Waals surface area contributed by atoms with Crippen molar-refractivity contribution in [2.75, 3.05) is 13.1 Å². The van der Waals surface area contributed by atoms with Crippen LogP contribution in [0.25, 0.3) is 11.1 Å². The Balaban J connectivity index is 1.25. The van der Waals surface area contributed by atoms with Gasteiger partial charge in [-0.3, -0.25) is 4.90 Å². The van der Waals surface area contributed by atoms with Crippen LogP contribution in [0.4, 0.5) is 13.2 Å². The molecule has 1 aromatic heterocycles. The number of benzene rings is 2. The highest BCUT2D eigenvalue weighted by Gasteiger charge is 2.30. The Hall–Kier alpha value is -2.22. The molecule has 0 amide bonds. The third-order valence-corrected chi connectivity index (χ3v) is 6.29. The van der Waals surface area contributed by atoms with Crippen molar-refractivity contribution in [3.05, 3.63) is 76.2 Å². The molecule has 1 aliphatic rings. The summed E-state index contributed by atoms with van der Waals surface area (Å²) >= 11 is 1.71. The highest BCUT2D eigenvalue weighted by atomic mass is 32.1. The number of aromatic nitrogens is 1. The fourth-order valence-electron chi connectivity index (χ4n) is 3.75. The van der Waals surface area contributed by atoms with Crippen LogP contribution in [-0.4, -0.2) is 29.0 Å². The number of nitrogens with zero attached hydrogens (tertiary/aromatic N) is 2. The average molecular weight is 432 g/mol. The van der Waals surface area contributed by atoms with Gasteiger partial charge in [0, 0.05) is 37.3 Å². The van der Waals surface area contributed by atoms with Gasteiger partial charge >= 0.3 is 6.18 Å². The van der Waals surface area contributed by atoms with Gasteiger partial charge in [0.15, 0.2) is 0 Å². The van der Waals surface area contributed by atoms with Crippen LogP contribution in [0.15, 0.2) is 60.1 Å². The van der Waals surface area contributed by atoms with Crippen LogP contribution in [-0.2, 0) is 19.3 Å². The van der Waals surface area contributed by atoms with E-state index in [0.717, 1.165) is 62.3 Å². The van der Waals surface area contributed by atoms with Crippen molar-refractivity contribution >= 4 is 11.3 Å². The van der Waals surface area contributed by atoms with Crippen molar-refractivity contribution in [1.29, 1.82) is 0 Å². The van der Waals surface area contributed by atoms with E-state index in [1.165, 1.54) is 22.7 Å². The van der Waals surface area contributed by atoms with Gasteiger partial charge in [-0.1, -0.05) is 36.4 Å². The maximum absolute atomic E-state index is 12.7. The Morgan fingerprint density at radius 2 is 1.60 bits per heavy atom. The summed E-state index contributed by atoms with van der Waals surface area (Å²) < 4.78 is 38.1. The third-order valence-electron chi connectivity index (χ3n) is 5.52. The number of hydrogen-bond acceptors (Lipinski definition) is 4. The van der Waals surface area contributed by atoms with E-state index in [9.17, 15) is 13.2 Å². The molecule has 1 fully saturated rings. The topological polar surface area (TPSA) is 28.2 Å². The van der Waals surface area contributed by atoms with E-state index in [4.69, 9.17) is 0 Å². The largest absolute Gasteiger partial charge is 0.416 e. The molecule has 1 N–H and O–H groups in total. The molecule has 0 spiro atoms. The highest BCUT2D eigenvalue weighted by molar-refractivity contribution is 7.09. The Morgan fingerprint density at radius 3 is 2.17 bits per heavy atom. The summed E-state index contributed by atoms with van der Waals surface area (Å²) in [7, 11) is 0. The molecule has 0 bridgehead atoms. The third kappa shape index (κ3) is 5.47. The molecule has 0 unspecified atom stereocenters.